The highest BCUT2D eigenvalue weighted by atomic mass is 16.5. The first kappa shape index (κ1) is 9.41. The molecule has 74 valence electrons. The van der Waals surface area contributed by atoms with Gasteiger partial charge in [-0.1, -0.05) is 23.8 Å². The minimum absolute atomic E-state index is 0.133. The molecule has 0 N–H and O–H groups in total. The van der Waals surface area contributed by atoms with Crippen molar-refractivity contribution in [2.24, 2.45) is 0 Å². The molecule has 1 aromatic carbocycles. The Morgan fingerprint density at radius 2 is 2.21 bits per heavy atom. The average molecular weight is 190 g/mol. The fourth-order valence-electron chi connectivity index (χ4n) is 1.99. The van der Waals surface area contributed by atoms with E-state index in [1.807, 2.05) is 19.1 Å². The lowest BCUT2D eigenvalue weighted by molar-refractivity contribution is 0.0559. The number of hydrogen-bond donors (Lipinski definition) is 0. The number of Topliss-reactive ketones (excluding diaryl/α,β-unsaturated/α-hetero) is 1. The Hall–Kier alpha value is -1.15. The topological polar surface area (TPSA) is 26.3 Å². The summed E-state index contributed by atoms with van der Waals surface area (Å²) in [5.41, 5.74) is 3.23. The predicted octanol–water partition coefficient (Wildman–Crippen LogP) is 2.14. The van der Waals surface area contributed by atoms with Crippen LogP contribution in [0, 0.1) is 6.92 Å². The van der Waals surface area contributed by atoms with Crippen molar-refractivity contribution in [1.82, 2.24) is 0 Å². The predicted molar refractivity (Wildman–Crippen MR) is 54.6 cm³/mol. The van der Waals surface area contributed by atoms with Gasteiger partial charge in [0.05, 0.1) is 0 Å². The molecule has 1 aromatic rings. The zero-order chi connectivity index (χ0) is 10.1. The molecule has 0 aliphatic heterocycles. The Balaban J connectivity index is 2.41. The maximum absolute atomic E-state index is 11.8. The van der Waals surface area contributed by atoms with Crippen molar-refractivity contribution >= 4 is 5.78 Å². The molecule has 0 fully saturated rings. The van der Waals surface area contributed by atoms with Crippen LogP contribution in [0.4, 0.5) is 0 Å². The monoisotopic (exact) mass is 190 g/mol. The van der Waals surface area contributed by atoms with E-state index in [0.29, 0.717) is 0 Å². The standard InChI is InChI=1S/C12H14O2/c1-8-3-5-10-9(7-8)4-6-11(14-2)12(10)13/h3,5,7,11H,4,6H2,1-2H3. The van der Waals surface area contributed by atoms with Gasteiger partial charge in [-0.25, -0.2) is 0 Å². The van der Waals surface area contributed by atoms with Crippen molar-refractivity contribution in [2.75, 3.05) is 7.11 Å². The summed E-state index contributed by atoms with van der Waals surface area (Å²) in [5, 5.41) is 0. The zero-order valence-corrected chi connectivity index (χ0v) is 8.54. The lowest BCUT2D eigenvalue weighted by Gasteiger charge is -2.22. The molecule has 0 saturated carbocycles. The summed E-state index contributed by atoms with van der Waals surface area (Å²) < 4.78 is 5.14. The second-order valence-corrected chi connectivity index (χ2v) is 3.79. The molecule has 0 spiro atoms. The zero-order valence-electron chi connectivity index (χ0n) is 8.54. The Morgan fingerprint density at radius 3 is 2.93 bits per heavy atom. The SMILES string of the molecule is COC1CCc2cc(C)ccc2C1=O. The van der Waals surface area contributed by atoms with Gasteiger partial charge in [-0.15, -0.1) is 0 Å². The van der Waals surface area contributed by atoms with Crippen molar-refractivity contribution in [3.05, 3.63) is 34.9 Å². The molecule has 1 aliphatic rings. The third-order valence-corrected chi connectivity index (χ3v) is 2.78. The summed E-state index contributed by atoms with van der Waals surface area (Å²) in [5.74, 6) is 0.133. The minimum atomic E-state index is -0.231. The fraction of sp³-hybridized carbons (Fsp3) is 0.417. The molecule has 1 aliphatic carbocycles. The van der Waals surface area contributed by atoms with Gasteiger partial charge in [-0.3, -0.25) is 4.79 Å². The highest BCUT2D eigenvalue weighted by Gasteiger charge is 2.26. The summed E-state index contributed by atoms with van der Waals surface area (Å²) in [6, 6.07) is 5.99. The number of methoxy groups -OCH3 is 1. The molecule has 1 atom stereocenters. The number of carbonyl (C=O) groups is 1. The highest BCUT2D eigenvalue weighted by Crippen LogP contribution is 2.23. The van der Waals surface area contributed by atoms with E-state index in [2.05, 4.69) is 6.07 Å². The van der Waals surface area contributed by atoms with E-state index >= 15 is 0 Å². The van der Waals surface area contributed by atoms with Gasteiger partial charge in [0.1, 0.15) is 6.10 Å². The van der Waals surface area contributed by atoms with Crippen LogP contribution in [-0.2, 0) is 11.2 Å². The summed E-state index contributed by atoms with van der Waals surface area (Å²) in [6.45, 7) is 2.05. The Bertz CT molecular complexity index is 369. The first-order valence-corrected chi connectivity index (χ1v) is 4.89. The first-order chi connectivity index (χ1) is 6.72. The third-order valence-electron chi connectivity index (χ3n) is 2.78. The molecule has 0 radical (unpaired) electrons. The van der Waals surface area contributed by atoms with Gasteiger partial charge < -0.3 is 4.74 Å². The van der Waals surface area contributed by atoms with E-state index in [-0.39, 0.29) is 11.9 Å². The van der Waals surface area contributed by atoms with E-state index in [0.717, 1.165) is 18.4 Å². The summed E-state index contributed by atoms with van der Waals surface area (Å²) >= 11 is 0. The second-order valence-electron chi connectivity index (χ2n) is 3.79. The van der Waals surface area contributed by atoms with Crippen LogP contribution in [0.1, 0.15) is 27.9 Å². The number of ketones is 1. The van der Waals surface area contributed by atoms with Crippen LogP contribution in [0.3, 0.4) is 0 Å². The van der Waals surface area contributed by atoms with Crippen molar-refractivity contribution < 1.29 is 9.53 Å². The lowest BCUT2D eigenvalue weighted by atomic mass is 9.88. The van der Waals surface area contributed by atoms with E-state index < -0.39 is 0 Å². The van der Waals surface area contributed by atoms with Crippen LogP contribution >= 0.6 is 0 Å². The van der Waals surface area contributed by atoms with E-state index in [9.17, 15) is 4.79 Å². The first-order valence-electron chi connectivity index (χ1n) is 4.89. The number of rotatable bonds is 1. The van der Waals surface area contributed by atoms with Gasteiger partial charge in [-0.05, 0) is 25.3 Å². The van der Waals surface area contributed by atoms with Crippen LogP contribution in [0.5, 0.6) is 0 Å². The maximum atomic E-state index is 11.8. The molecule has 0 aromatic heterocycles. The molecule has 0 amide bonds. The van der Waals surface area contributed by atoms with Crippen molar-refractivity contribution in [1.29, 1.82) is 0 Å². The Labute approximate surface area is 83.9 Å². The summed E-state index contributed by atoms with van der Waals surface area (Å²) in [6.07, 6.45) is 1.53. The second kappa shape index (κ2) is 3.54. The molecule has 0 saturated heterocycles. The van der Waals surface area contributed by atoms with E-state index in [1.54, 1.807) is 7.11 Å². The van der Waals surface area contributed by atoms with Crippen molar-refractivity contribution in [3.8, 4) is 0 Å². The molecule has 0 heterocycles. The molecule has 1 unspecified atom stereocenters. The van der Waals surface area contributed by atoms with Gasteiger partial charge in [0.2, 0.25) is 0 Å². The largest absolute Gasteiger partial charge is 0.373 e. The van der Waals surface area contributed by atoms with Crippen LogP contribution in [-0.4, -0.2) is 19.0 Å². The quantitative estimate of drug-likeness (QED) is 0.678. The van der Waals surface area contributed by atoms with Crippen LogP contribution in [0.2, 0.25) is 0 Å². The number of aryl methyl sites for hydroxylation is 2. The van der Waals surface area contributed by atoms with E-state index in [1.165, 1.54) is 11.1 Å². The summed E-state index contributed by atoms with van der Waals surface area (Å²) in [7, 11) is 1.60. The van der Waals surface area contributed by atoms with Gasteiger partial charge in [-0.2, -0.15) is 0 Å². The molecular weight excluding hydrogens is 176 g/mol. The number of hydrogen-bond acceptors (Lipinski definition) is 2. The van der Waals surface area contributed by atoms with Crippen LogP contribution in [0.25, 0.3) is 0 Å². The Morgan fingerprint density at radius 1 is 1.43 bits per heavy atom. The number of ether oxygens (including phenoxy) is 1. The van der Waals surface area contributed by atoms with Gasteiger partial charge >= 0.3 is 0 Å². The van der Waals surface area contributed by atoms with Gasteiger partial charge in [0, 0.05) is 12.7 Å². The molecule has 2 rings (SSSR count). The minimum Gasteiger partial charge on any atom is -0.373 e. The third kappa shape index (κ3) is 1.46. The molecule has 2 heteroatoms. The van der Waals surface area contributed by atoms with Crippen LogP contribution < -0.4 is 0 Å². The van der Waals surface area contributed by atoms with Gasteiger partial charge in [0.15, 0.2) is 5.78 Å². The van der Waals surface area contributed by atoms with Gasteiger partial charge in [0.25, 0.3) is 0 Å². The number of benzene rings is 1. The molecule has 2 nitrogen and oxygen atoms in total. The maximum Gasteiger partial charge on any atom is 0.191 e. The molecule has 14 heavy (non-hydrogen) atoms. The highest BCUT2D eigenvalue weighted by molar-refractivity contribution is 6.01. The molecular formula is C12H14O2. The average Bonchev–Trinajstić information content (AvgIpc) is 2.18. The fourth-order valence-corrected chi connectivity index (χ4v) is 1.99. The Kier molecular flexibility index (Phi) is 2.38. The summed E-state index contributed by atoms with van der Waals surface area (Å²) in [4.78, 5) is 11.8. The van der Waals surface area contributed by atoms with Crippen molar-refractivity contribution in [3.63, 3.8) is 0 Å². The molecule has 0 bridgehead atoms. The lowest BCUT2D eigenvalue weighted by Crippen LogP contribution is -2.29. The van der Waals surface area contributed by atoms with Crippen molar-refractivity contribution in [2.45, 2.75) is 25.9 Å². The normalized spacial score (nSPS) is 20.7. The number of fused-ring (bicyclic) bond motifs is 1. The van der Waals surface area contributed by atoms with Crippen LogP contribution in [0.15, 0.2) is 18.2 Å². The smallest absolute Gasteiger partial charge is 0.191 e. The van der Waals surface area contributed by atoms with E-state index in [4.69, 9.17) is 4.74 Å². The number of carbonyl (C=O) groups excluding carboxylic acids is 1.